The Morgan fingerprint density at radius 1 is 1.36 bits per heavy atom. The number of ether oxygens (including phenoxy) is 1. The molecule has 0 bridgehead atoms. The Kier molecular flexibility index (Phi) is 3.93. The molecule has 0 saturated carbocycles. The van der Waals surface area contributed by atoms with Crippen molar-refractivity contribution in [3.05, 3.63) is 58.8 Å². The van der Waals surface area contributed by atoms with Gasteiger partial charge in [0.2, 0.25) is 5.89 Å². The molecule has 0 spiro atoms. The van der Waals surface area contributed by atoms with Crippen LogP contribution in [-0.4, -0.2) is 16.1 Å². The number of nitrogens with zero attached hydrogens (tertiary/aromatic N) is 1. The average molecular weight is 315 g/mol. The number of hydrogen-bond acceptors (Lipinski definition) is 6. The van der Waals surface area contributed by atoms with Crippen molar-refractivity contribution in [1.82, 2.24) is 4.98 Å². The number of aromatic hydroxyl groups is 1. The number of para-hydroxylation sites is 1. The highest BCUT2D eigenvalue weighted by Gasteiger charge is 2.15. The summed E-state index contributed by atoms with van der Waals surface area (Å²) >= 11 is 1.52. The first-order valence-electron chi connectivity index (χ1n) is 6.59. The van der Waals surface area contributed by atoms with Crippen LogP contribution < -0.4 is 0 Å². The van der Waals surface area contributed by atoms with E-state index in [2.05, 4.69) is 4.98 Å². The number of esters is 1. The Labute approximate surface area is 130 Å². The van der Waals surface area contributed by atoms with Crippen LogP contribution in [0, 0.1) is 6.92 Å². The van der Waals surface area contributed by atoms with Crippen molar-refractivity contribution in [3.63, 3.8) is 0 Å². The molecule has 112 valence electrons. The third-order valence-corrected chi connectivity index (χ3v) is 3.95. The number of phenols is 1. The lowest BCUT2D eigenvalue weighted by Gasteiger charge is -2.06. The molecule has 5 nitrogen and oxygen atoms in total. The lowest BCUT2D eigenvalue weighted by atomic mass is 10.1. The van der Waals surface area contributed by atoms with Gasteiger partial charge in [-0.25, -0.2) is 9.78 Å². The highest BCUT2D eigenvalue weighted by molar-refractivity contribution is 7.13. The normalized spacial score (nSPS) is 10.6. The number of aromatic nitrogens is 1. The number of hydrogen-bond donors (Lipinski definition) is 1. The zero-order valence-electron chi connectivity index (χ0n) is 11.8. The Hall–Kier alpha value is -2.60. The minimum atomic E-state index is -0.595. The van der Waals surface area contributed by atoms with Crippen LogP contribution >= 0.6 is 11.3 Å². The third kappa shape index (κ3) is 2.87. The number of benzene rings is 1. The van der Waals surface area contributed by atoms with E-state index >= 15 is 0 Å². The van der Waals surface area contributed by atoms with Crippen molar-refractivity contribution in [2.24, 2.45) is 0 Å². The smallest absolute Gasteiger partial charge is 0.342 e. The maximum Gasteiger partial charge on any atom is 0.342 e. The van der Waals surface area contributed by atoms with Crippen LogP contribution in [0.15, 0.2) is 46.4 Å². The van der Waals surface area contributed by atoms with Gasteiger partial charge in [-0.1, -0.05) is 18.2 Å². The average Bonchev–Trinajstić information content (AvgIpc) is 3.18. The van der Waals surface area contributed by atoms with Gasteiger partial charge in [0.1, 0.15) is 29.9 Å². The highest BCUT2D eigenvalue weighted by Crippen LogP contribution is 2.25. The van der Waals surface area contributed by atoms with E-state index in [1.165, 1.54) is 23.7 Å². The molecule has 0 fully saturated rings. The van der Waals surface area contributed by atoms with Crippen molar-refractivity contribution in [2.45, 2.75) is 13.5 Å². The van der Waals surface area contributed by atoms with Gasteiger partial charge < -0.3 is 14.3 Å². The Bertz CT molecular complexity index is 792. The topological polar surface area (TPSA) is 72.6 Å². The number of carbonyl (C=O) groups is 1. The maximum absolute atomic E-state index is 12.0. The van der Waals surface area contributed by atoms with Gasteiger partial charge in [0.25, 0.3) is 0 Å². The molecule has 0 atom stereocenters. The summed E-state index contributed by atoms with van der Waals surface area (Å²) < 4.78 is 10.5. The molecule has 2 aromatic heterocycles. The zero-order chi connectivity index (χ0) is 15.5. The summed E-state index contributed by atoms with van der Waals surface area (Å²) in [6, 6.07) is 8.74. The molecule has 0 saturated heterocycles. The number of carbonyl (C=O) groups excluding carboxylic acids is 1. The van der Waals surface area contributed by atoms with E-state index in [4.69, 9.17) is 9.15 Å². The molecule has 3 rings (SSSR count). The quantitative estimate of drug-likeness (QED) is 0.742. The summed E-state index contributed by atoms with van der Waals surface area (Å²) in [6.45, 7) is 1.71. The molecule has 1 aromatic carbocycles. The first kappa shape index (κ1) is 14.3. The Morgan fingerprint density at radius 3 is 3.00 bits per heavy atom. The fraction of sp³-hybridized carbons (Fsp3) is 0.125. The van der Waals surface area contributed by atoms with Gasteiger partial charge in [-0.15, -0.1) is 11.3 Å². The molecule has 0 unspecified atom stereocenters. The van der Waals surface area contributed by atoms with Gasteiger partial charge in [0, 0.05) is 0 Å². The lowest BCUT2D eigenvalue weighted by molar-refractivity contribution is 0.0464. The molecule has 22 heavy (non-hydrogen) atoms. The van der Waals surface area contributed by atoms with Crippen LogP contribution in [0.5, 0.6) is 5.75 Å². The monoisotopic (exact) mass is 315 g/mol. The summed E-state index contributed by atoms with van der Waals surface area (Å²) in [6.07, 6.45) is 1.46. The molecule has 1 N–H and O–H groups in total. The van der Waals surface area contributed by atoms with Gasteiger partial charge in [-0.3, -0.25) is 0 Å². The molecule has 0 amide bonds. The molecule has 0 aliphatic rings. The van der Waals surface area contributed by atoms with Crippen molar-refractivity contribution < 1.29 is 19.1 Å². The van der Waals surface area contributed by atoms with E-state index < -0.39 is 5.97 Å². The maximum atomic E-state index is 12.0. The number of phenolic OH excluding ortho intramolecular Hbond substituents is 1. The molecule has 2 heterocycles. The summed E-state index contributed by atoms with van der Waals surface area (Å²) in [4.78, 5) is 17.2. The minimum absolute atomic E-state index is 0.0128. The van der Waals surface area contributed by atoms with E-state index in [9.17, 15) is 9.90 Å². The van der Waals surface area contributed by atoms with Crippen molar-refractivity contribution in [1.29, 1.82) is 0 Å². The zero-order valence-corrected chi connectivity index (χ0v) is 12.6. The van der Waals surface area contributed by atoms with Gasteiger partial charge >= 0.3 is 5.97 Å². The Morgan fingerprint density at radius 2 is 2.23 bits per heavy atom. The summed E-state index contributed by atoms with van der Waals surface area (Å²) in [5.41, 5.74) is 1.28. The molecule has 6 heteroatoms. The van der Waals surface area contributed by atoms with E-state index in [0.29, 0.717) is 17.1 Å². The predicted molar refractivity (Wildman–Crippen MR) is 81.8 cm³/mol. The van der Waals surface area contributed by atoms with E-state index in [1.54, 1.807) is 19.1 Å². The van der Waals surface area contributed by atoms with Crippen LogP contribution in [0.25, 0.3) is 10.8 Å². The van der Waals surface area contributed by atoms with Crippen LogP contribution in [0.2, 0.25) is 0 Å². The number of thiophene rings is 1. The van der Waals surface area contributed by atoms with Gasteiger partial charge in [0.05, 0.1) is 4.88 Å². The lowest BCUT2D eigenvalue weighted by Crippen LogP contribution is -2.06. The second kappa shape index (κ2) is 6.03. The highest BCUT2D eigenvalue weighted by atomic mass is 32.1. The Balaban J connectivity index is 1.68. The molecule has 0 radical (unpaired) electrons. The van der Waals surface area contributed by atoms with Gasteiger partial charge in [-0.2, -0.15) is 0 Å². The first-order valence-corrected chi connectivity index (χ1v) is 7.47. The van der Waals surface area contributed by atoms with Gasteiger partial charge in [0.15, 0.2) is 0 Å². The molecule has 3 aromatic rings. The standard InChI is InChI=1S/C16H13NO4S/c1-10-4-2-5-12(14(10)18)16(19)21-9-11-8-20-15(17-11)13-6-3-7-22-13/h2-8,18H,9H2,1H3. The number of aryl methyl sites for hydroxylation is 1. The number of rotatable bonds is 4. The summed E-state index contributed by atoms with van der Waals surface area (Å²) in [5, 5.41) is 11.8. The fourth-order valence-corrected chi connectivity index (χ4v) is 2.58. The molecule has 0 aliphatic carbocycles. The van der Waals surface area contributed by atoms with Gasteiger partial charge in [-0.05, 0) is 30.0 Å². The van der Waals surface area contributed by atoms with Crippen LogP contribution in [-0.2, 0) is 11.3 Å². The molecule has 0 aliphatic heterocycles. The molecular formula is C16H13NO4S. The van der Waals surface area contributed by atoms with E-state index in [-0.39, 0.29) is 17.9 Å². The third-order valence-electron chi connectivity index (χ3n) is 3.09. The SMILES string of the molecule is Cc1cccc(C(=O)OCc2coc(-c3cccs3)n2)c1O. The van der Waals surface area contributed by atoms with Crippen molar-refractivity contribution >= 4 is 17.3 Å². The summed E-state index contributed by atoms with van der Waals surface area (Å²) in [5.74, 6) is -0.159. The summed E-state index contributed by atoms with van der Waals surface area (Å²) in [7, 11) is 0. The largest absolute Gasteiger partial charge is 0.507 e. The second-order valence-corrected chi connectivity index (χ2v) is 5.62. The predicted octanol–water partition coefficient (Wildman–Crippen LogP) is 3.77. The minimum Gasteiger partial charge on any atom is -0.507 e. The van der Waals surface area contributed by atoms with Crippen LogP contribution in [0.1, 0.15) is 21.6 Å². The van der Waals surface area contributed by atoms with E-state index in [1.807, 2.05) is 17.5 Å². The van der Waals surface area contributed by atoms with Crippen LogP contribution in [0.4, 0.5) is 0 Å². The van der Waals surface area contributed by atoms with Crippen molar-refractivity contribution in [2.75, 3.05) is 0 Å². The molecular weight excluding hydrogens is 302 g/mol. The van der Waals surface area contributed by atoms with E-state index in [0.717, 1.165) is 4.88 Å². The first-order chi connectivity index (χ1) is 10.6. The van der Waals surface area contributed by atoms with Crippen LogP contribution in [0.3, 0.4) is 0 Å². The van der Waals surface area contributed by atoms with Crippen molar-refractivity contribution in [3.8, 4) is 16.5 Å². The number of oxazole rings is 1. The second-order valence-electron chi connectivity index (χ2n) is 4.67. The fourth-order valence-electron chi connectivity index (χ4n) is 1.93.